The number of aromatic nitrogens is 1. The van der Waals surface area contributed by atoms with E-state index in [1.807, 2.05) is 36.0 Å². The third-order valence-corrected chi connectivity index (χ3v) is 5.55. The highest BCUT2D eigenvalue weighted by Gasteiger charge is 2.28. The summed E-state index contributed by atoms with van der Waals surface area (Å²) in [6, 6.07) is 3.97. The summed E-state index contributed by atoms with van der Waals surface area (Å²) in [6.45, 7) is 2.98. The lowest BCUT2D eigenvalue weighted by Crippen LogP contribution is -2.34. The van der Waals surface area contributed by atoms with Crippen molar-refractivity contribution in [2.24, 2.45) is 0 Å². The second-order valence-electron chi connectivity index (χ2n) is 5.59. The highest BCUT2D eigenvalue weighted by atomic mass is 32.1. The zero-order chi connectivity index (χ0) is 15.5. The molecule has 118 valence electrons. The van der Waals surface area contributed by atoms with Crippen LogP contribution in [0.5, 0.6) is 0 Å². The Kier molecular flexibility index (Phi) is 4.64. The minimum absolute atomic E-state index is 0.00472. The Morgan fingerprint density at radius 2 is 2.05 bits per heavy atom. The van der Waals surface area contributed by atoms with Crippen molar-refractivity contribution in [2.75, 3.05) is 19.7 Å². The van der Waals surface area contributed by atoms with Crippen LogP contribution in [0.25, 0.3) is 5.00 Å². The van der Waals surface area contributed by atoms with Crippen LogP contribution in [0.2, 0.25) is 0 Å². The first-order valence-electron chi connectivity index (χ1n) is 7.94. The molecule has 2 aromatic rings. The normalized spacial score (nSPS) is 13.9. The number of rotatable bonds is 5. The second kappa shape index (κ2) is 6.67. The maximum absolute atomic E-state index is 13.0. The van der Waals surface area contributed by atoms with Crippen LogP contribution in [-0.4, -0.2) is 40.2 Å². The highest BCUT2D eigenvalue weighted by Crippen LogP contribution is 2.37. The van der Waals surface area contributed by atoms with Gasteiger partial charge < -0.3 is 14.6 Å². The van der Waals surface area contributed by atoms with Crippen molar-refractivity contribution in [3.05, 3.63) is 40.5 Å². The number of aliphatic hydroxyl groups excluding tert-OH is 1. The van der Waals surface area contributed by atoms with E-state index in [9.17, 15) is 9.90 Å². The number of aliphatic hydroxyl groups is 1. The molecule has 1 N–H and O–H groups in total. The monoisotopic (exact) mass is 318 g/mol. The summed E-state index contributed by atoms with van der Waals surface area (Å²) in [5, 5.41) is 10.2. The molecule has 1 aliphatic rings. The number of likely N-dealkylation sites (N-methyl/N-ethyl adjacent to an activating group) is 1. The van der Waals surface area contributed by atoms with Gasteiger partial charge in [0, 0.05) is 30.4 Å². The average molecular weight is 318 g/mol. The van der Waals surface area contributed by atoms with Crippen molar-refractivity contribution in [3.63, 3.8) is 0 Å². The molecule has 0 bridgehead atoms. The summed E-state index contributed by atoms with van der Waals surface area (Å²) in [4.78, 5) is 16.1. The van der Waals surface area contributed by atoms with Crippen LogP contribution in [0.4, 0.5) is 0 Å². The Hall–Kier alpha value is -1.59. The van der Waals surface area contributed by atoms with Gasteiger partial charge in [0.25, 0.3) is 5.91 Å². The van der Waals surface area contributed by atoms with Gasteiger partial charge in [0.05, 0.1) is 12.2 Å². The molecule has 0 unspecified atom stereocenters. The fraction of sp³-hybridized carbons (Fsp3) is 0.471. The predicted octanol–water partition coefficient (Wildman–Crippen LogP) is 2.87. The summed E-state index contributed by atoms with van der Waals surface area (Å²) >= 11 is 1.75. The SMILES string of the molecule is CCN(CCO)C(=O)c1c(-n2cccc2)sc2c1CCCC2. The topological polar surface area (TPSA) is 45.5 Å². The molecule has 5 heteroatoms. The number of hydrogen-bond donors (Lipinski definition) is 1. The Balaban J connectivity index is 2.08. The highest BCUT2D eigenvalue weighted by molar-refractivity contribution is 7.15. The maximum atomic E-state index is 13.0. The fourth-order valence-electron chi connectivity index (χ4n) is 3.11. The summed E-state index contributed by atoms with van der Waals surface area (Å²) in [6.07, 6.45) is 8.42. The number of nitrogens with zero attached hydrogens (tertiary/aromatic N) is 2. The molecule has 1 amide bonds. The molecule has 0 aromatic carbocycles. The van der Waals surface area contributed by atoms with Crippen molar-refractivity contribution in [1.29, 1.82) is 0 Å². The van der Waals surface area contributed by atoms with E-state index >= 15 is 0 Å². The van der Waals surface area contributed by atoms with Crippen LogP contribution < -0.4 is 0 Å². The van der Waals surface area contributed by atoms with E-state index in [-0.39, 0.29) is 12.5 Å². The number of fused-ring (bicyclic) bond motifs is 1. The van der Waals surface area contributed by atoms with E-state index < -0.39 is 0 Å². The molecule has 4 nitrogen and oxygen atoms in total. The van der Waals surface area contributed by atoms with Gasteiger partial charge in [-0.2, -0.15) is 0 Å². The largest absolute Gasteiger partial charge is 0.395 e. The number of carbonyl (C=O) groups excluding carboxylic acids is 1. The first-order valence-corrected chi connectivity index (χ1v) is 8.76. The van der Waals surface area contributed by atoms with Crippen LogP contribution in [-0.2, 0) is 12.8 Å². The van der Waals surface area contributed by atoms with Gasteiger partial charge in [-0.1, -0.05) is 0 Å². The summed E-state index contributed by atoms with van der Waals surface area (Å²) in [5.74, 6) is 0.0552. The third kappa shape index (κ3) is 2.71. The van der Waals surface area contributed by atoms with Crippen LogP contribution in [0.1, 0.15) is 40.6 Å². The number of thiophene rings is 1. The molecule has 0 saturated carbocycles. The zero-order valence-corrected chi connectivity index (χ0v) is 13.7. The van der Waals surface area contributed by atoms with Gasteiger partial charge >= 0.3 is 0 Å². The molecule has 2 aromatic heterocycles. The molecule has 0 spiro atoms. The lowest BCUT2D eigenvalue weighted by Gasteiger charge is -2.22. The lowest BCUT2D eigenvalue weighted by molar-refractivity contribution is 0.0731. The standard InChI is InChI=1S/C17H22N2O2S/c1-2-18(11-12-20)16(21)15-13-7-3-4-8-14(13)22-17(15)19-9-5-6-10-19/h5-6,9-10,20H,2-4,7-8,11-12H2,1H3. The first-order chi connectivity index (χ1) is 10.8. The molecular formula is C17H22N2O2S. The van der Waals surface area contributed by atoms with Crippen molar-refractivity contribution >= 4 is 17.2 Å². The van der Waals surface area contributed by atoms with E-state index in [0.717, 1.165) is 29.8 Å². The lowest BCUT2D eigenvalue weighted by atomic mass is 9.95. The van der Waals surface area contributed by atoms with Crippen molar-refractivity contribution in [3.8, 4) is 5.00 Å². The van der Waals surface area contributed by atoms with Crippen LogP contribution in [0.3, 0.4) is 0 Å². The zero-order valence-electron chi connectivity index (χ0n) is 12.9. The molecule has 2 heterocycles. The van der Waals surface area contributed by atoms with Gasteiger partial charge in [-0.15, -0.1) is 11.3 Å². The Bertz CT molecular complexity index is 646. The summed E-state index contributed by atoms with van der Waals surface area (Å²) < 4.78 is 2.04. The van der Waals surface area contributed by atoms with Crippen molar-refractivity contribution in [2.45, 2.75) is 32.6 Å². The molecule has 0 aliphatic heterocycles. The first kappa shape index (κ1) is 15.3. The Morgan fingerprint density at radius 1 is 1.32 bits per heavy atom. The van der Waals surface area contributed by atoms with Gasteiger partial charge in [-0.3, -0.25) is 4.79 Å². The minimum atomic E-state index is 0.00472. The van der Waals surface area contributed by atoms with Crippen molar-refractivity contribution in [1.82, 2.24) is 9.47 Å². The van der Waals surface area contributed by atoms with Crippen LogP contribution >= 0.6 is 11.3 Å². The van der Waals surface area contributed by atoms with Crippen LogP contribution in [0, 0.1) is 0 Å². The van der Waals surface area contributed by atoms with E-state index in [1.54, 1.807) is 16.2 Å². The van der Waals surface area contributed by atoms with E-state index in [0.29, 0.717) is 13.1 Å². The van der Waals surface area contributed by atoms with E-state index in [1.165, 1.54) is 16.9 Å². The quantitative estimate of drug-likeness (QED) is 0.921. The van der Waals surface area contributed by atoms with E-state index in [2.05, 4.69) is 0 Å². The molecule has 0 saturated heterocycles. The van der Waals surface area contributed by atoms with Gasteiger partial charge in [0.15, 0.2) is 0 Å². The number of carbonyl (C=O) groups is 1. The molecule has 1 aliphatic carbocycles. The molecule has 0 atom stereocenters. The van der Waals surface area contributed by atoms with Gasteiger partial charge in [-0.05, 0) is 50.3 Å². The van der Waals surface area contributed by atoms with Crippen molar-refractivity contribution < 1.29 is 9.90 Å². The smallest absolute Gasteiger partial charge is 0.257 e. The fourth-order valence-corrected chi connectivity index (χ4v) is 4.45. The van der Waals surface area contributed by atoms with Gasteiger partial charge in [0.1, 0.15) is 5.00 Å². The van der Waals surface area contributed by atoms with Gasteiger partial charge in [-0.25, -0.2) is 0 Å². The number of amides is 1. The summed E-state index contributed by atoms with van der Waals surface area (Å²) in [7, 11) is 0. The molecule has 0 radical (unpaired) electrons. The third-order valence-electron chi connectivity index (χ3n) is 4.24. The summed E-state index contributed by atoms with van der Waals surface area (Å²) in [5.41, 5.74) is 2.09. The Labute approximate surface area is 135 Å². The molecule has 3 rings (SSSR count). The van der Waals surface area contributed by atoms with Gasteiger partial charge in [0.2, 0.25) is 0 Å². The second-order valence-corrected chi connectivity index (χ2v) is 6.67. The van der Waals surface area contributed by atoms with Crippen LogP contribution in [0.15, 0.2) is 24.5 Å². The number of hydrogen-bond acceptors (Lipinski definition) is 3. The predicted molar refractivity (Wildman–Crippen MR) is 89.0 cm³/mol. The minimum Gasteiger partial charge on any atom is -0.395 e. The van der Waals surface area contributed by atoms with E-state index in [4.69, 9.17) is 0 Å². The number of aryl methyl sites for hydroxylation is 1. The Morgan fingerprint density at radius 3 is 2.73 bits per heavy atom. The maximum Gasteiger partial charge on any atom is 0.257 e. The molecular weight excluding hydrogens is 296 g/mol. The average Bonchev–Trinajstić information content (AvgIpc) is 3.18. The molecule has 0 fully saturated rings. The molecule has 22 heavy (non-hydrogen) atoms.